The number of aromatic nitrogens is 2. The van der Waals surface area contributed by atoms with Crippen molar-refractivity contribution < 1.29 is 4.74 Å². The van der Waals surface area contributed by atoms with E-state index >= 15 is 0 Å². The second-order valence-electron chi connectivity index (χ2n) is 3.23. The molecule has 1 aromatic heterocycles. The van der Waals surface area contributed by atoms with Gasteiger partial charge in [0.1, 0.15) is 15.5 Å². The van der Waals surface area contributed by atoms with Crippen LogP contribution in [0.25, 0.3) is 11.1 Å². The summed E-state index contributed by atoms with van der Waals surface area (Å²) in [6.45, 7) is 0. The highest BCUT2D eigenvalue weighted by molar-refractivity contribution is 9.10. The van der Waals surface area contributed by atoms with Gasteiger partial charge >= 0.3 is 0 Å². The minimum Gasteiger partial charge on any atom is -0.496 e. The first kappa shape index (κ1) is 12.0. The zero-order valence-corrected chi connectivity index (χ0v) is 11.1. The number of halogens is 2. The quantitative estimate of drug-likeness (QED) is 0.924. The molecule has 86 valence electrons. The highest BCUT2D eigenvalue weighted by Gasteiger charge is 2.16. The van der Waals surface area contributed by atoms with Crippen molar-refractivity contribution >= 4 is 27.5 Å². The Labute approximate surface area is 111 Å². The van der Waals surface area contributed by atoms with E-state index in [9.17, 15) is 0 Å². The molecule has 0 fully saturated rings. The van der Waals surface area contributed by atoms with Gasteiger partial charge < -0.3 is 4.74 Å². The molecule has 17 heavy (non-hydrogen) atoms. The lowest BCUT2D eigenvalue weighted by molar-refractivity contribution is 0.416. The van der Waals surface area contributed by atoms with Crippen LogP contribution >= 0.6 is 27.5 Å². The van der Waals surface area contributed by atoms with E-state index in [4.69, 9.17) is 21.6 Å². The summed E-state index contributed by atoms with van der Waals surface area (Å²) in [5, 5.41) is 15.9. The molecule has 0 unspecified atom stereocenters. The third kappa shape index (κ3) is 2.14. The molecule has 0 saturated carbocycles. The van der Waals surface area contributed by atoms with Crippen molar-refractivity contribution in [3.8, 4) is 22.9 Å². The first-order chi connectivity index (χ1) is 8.17. The fraction of sp³-hybridized carbons (Fsp3) is 0.0909. The van der Waals surface area contributed by atoms with Crippen LogP contribution in [-0.2, 0) is 0 Å². The Kier molecular flexibility index (Phi) is 3.36. The van der Waals surface area contributed by atoms with E-state index in [-0.39, 0.29) is 0 Å². The molecule has 4 nitrogen and oxygen atoms in total. The molecule has 2 rings (SSSR count). The van der Waals surface area contributed by atoms with Gasteiger partial charge in [-0.25, -0.2) is 0 Å². The second kappa shape index (κ2) is 4.78. The average Bonchev–Trinajstić information content (AvgIpc) is 2.68. The Morgan fingerprint density at radius 3 is 2.82 bits per heavy atom. The number of H-pyrrole nitrogens is 1. The van der Waals surface area contributed by atoms with Crippen molar-refractivity contribution in [1.29, 1.82) is 5.26 Å². The van der Waals surface area contributed by atoms with Crippen molar-refractivity contribution in [2.45, 2.75) is 0 Å². The molecule has 0 saturated heterocycles. The predicted octanol–water partition coefficient (Wildman–Crippen LogP) is 3.37. The van der Waals surface area contributed by atoms with E-state index in [2.05, 4.69) is 32.2 Å². The lowest BCUT2D eigenvalue weighted by Crippen LogP contribution is -1.89. The van der Waals surface area contributed by atoms with Gasteiger partial charge in [-0.2, -0.15) is 10.4 Å². The van der Waals surface area contributed by atoms with Crippen LogP contribution in [0, 0.1) is 11.3 Å². The number of nitrogens with one attached hydrogen (secondary N) is 1. The number of rotatable bonds is 2. The second-order valence-corrected chi connectivity index (χ2v) is 4.36. The van der Waals surface area contributed by atoms with E-state index < -0.39 is 0 Å². The fourth-order valence-corrected chi connectivity index (χ4v) is 2.35. The van der Waals surface area contributed by atoms with Crippen LogP contribution < -0.4 is 4.74 Å². The van der Waals surface area contributed by atoms with E-state index in [1.807, 2.05) is 0 Å². The lowest BCUT2D eigenvalue weighted by atomic mass is 10.1. The highest BCUT2D eigenvalue weighted by atomic mass is 79.9. The normalized spacial score (nSPS) is 10.0. The third-order valence-corrected chi connectivity index (χ3v) is 3.12. The topological polar surface area (TPSA) is 61.7 Å². The molecule has 1 aromatic carbocycles. The van der Waals surface area contributed by atoms with Gasteiger partial charge in [0.2, 0.25) is 0 Å². The van der Waals surface area contributed by atoms with Gasteiger partial charge in [-0.15, -0.1) is 0 Å². The molecule has 0 atom stereocenters. The van der Waals surface area contributed by atoms with Crippen molar-refractivity contribution in [2.75, 3.05) is 7.11 Å². The van der Waals surface area contributed by atoms with Crippen LogP contribution in [0.3, 0.4) is 0 Å². The summed E-state index contributed by atoms with van der Waals surface area (Å²) in [5.41, 5.74) is 1.93. The fourth-order valence-electron chi connectivity index (χ4n) is 1.50. The third-order valence-electron chi connectivity index (χ3n) is 2.28. The predicted molar refractivity (Wildman–Crippen MR) is 68.0 cm³/mol. The number of nitriles is 1. The number of nitrogens with zero attached hydrogens (tertiary/aromatic N) is 2. The molecule has 0 aliphatic rings. The molecule has 0 amide bonds. The Bertz CT molecular complexity index is 584. The zero-order chi connectivity index (χ0) is 12.4. The SMILES string of the molecule is COc1ccc(C#N)cc1-c1c(Br)n[nH]c1Cl. The Hall–Kier alpha value is -1.51. The van der Waals surface area contributed by atoms with Crippen molar-refractivity contribution in [3.05, 3.63) is 33.5 Å². The van der Waals surface area contributed by atoms with Crippen LogP contribution in [0.4, 0.5) is 0 Å². The minimum atomic E-state index is 0.394. The summed E-state index contributed by atoms with van der Waals surface area (Å²) in [6.07, 6.45) is 0. The Morgan fingerprint density at radius 2 is 2.29 bits per heavy atom. The van der Waals surface area contributed by atoms with Gasteiger partial charge in [-0.3, -0.25) is 5.10 Å². The summed E-state index contributed by atoms with van der Waals surface area (Å²) >= 11 is 9.32. The van der Waals surface area contributed by atoms with Crippen molar-refractivity contribution in [3.63, 3.8) is 0 Å². The van der Waals surface area contributed by atoms with Crippen LogP contribution in [-0.4, -0.2) is 17.3 Å². The van der Waals surface area contributed by atoms with Gasteiger partial charge in [0.25, 0.3) is 0 Å². The summed E-state index contributed by atoms with van der Waals surface area (Å²) in [7, 11) is 1.56. The van der Waals surface area contributed by atoms with Gasteiger partial charge in [-0.05, 0) is 34.1 Å². The van der Waals surface area contributed by atoms with E-state index in [1.54, 1.807) is 25.3 Å². The first-order valence-electron chi connectivity index (χ1n) is 4.65. The molecular weight excluding hydrogens is 305 g/mol. The molecule has 6 heteroatoms. The lowest BCUT2D eigenvalue weighted by Gasteiger charge is -2.07. The number of aromatic amines is 1. The summed E-state index contributed by atoms with van der Waals surface area (Å²) < 4.78 is 5.83. The number of ether oxygens (including phenoxy) is 1. The molecule has 1 N–H and O–H groups in total. The van der Waals surface area contributed by atoms with Gasteiger partial charge in [0.15, 0.2) is 0 Å². The molecule has 0 aliphatic carbocycles. The maximum Gasteiger partial charge on any atom is 0.137 e. The molecule has 0 aliphatic heterocycles. The molecule has 0 bridgehead atoms. The van der Waals surface area contributed by atoms with Gasteiger partial charge in [-0.1, -0.05) is 11.6 Å². The largest absolute Gasteiger partial charge is 0.496 e. The molecule has 2 aromatic rings. The van der Waals surface area contributed by atoms with Gasteiger partial charge in [0, 0.05) is 5.56 Å². The van der Waals surface area contributed by atoms with Crippen LogP contribution in [0.5, 0.6) is 5.75 Å². The summed E-state index contributed by atoms with van der Waals surface area (Å²) in [6, 6.07) is 7.19. The van der Waals surface area contributed by atoms with Gasteiger partial charge in [0.05, 0.1) is 24.3 Å². The number of methoxy groups -OCH3 is 1. The number of benzene rings is 1. The Balaban J connectivity index is 2.69. The highest BCUT2D eigenvalue weighted by Crippen LogP contribution is 2.38. The standard InChI is InChI=1S/C11H7BrClN3O/c1-17-8-3-2-6(5-14)4-7(8)9-10(12)15-16-11(9)13/h2-4H,1H3,(H,15,16). The smallest absolute Gasteiger partial charge is 0.137 e. The zero-order valence-electron chi connectivity index (χ0n) is 8.79. The summed E-state index contributed by atoms with van der Waals surface area (Å²) in [4.78, 5) is 0. The van der Waals surface area contributed by atoms with Crippen LogP contribution in [0.1, 0.15) is 5.56 Å². The van der Waals surface area contributed by atoms with Crippen LogP contribution in [0.15, 0.2) is 22.8 Å². The van der Waals surface area contributed by atoms with Crippen LogP contribution in [0.2, 0.25) is 5.15 Å². The molecule has 0 spiro atoms. The van der Waals surface area contributed by atoms with Crippen molar-refractivity contribution in [1.82, 2.24) is 10.2 Å². The summed E-state index contributed by atoms with van der Waals surface area (Å²) in [5.74, 6) is 0.632. The number of hydrogen-bond donors (Lipinski definition) is 1. The first-order valence-corrected chi connectivity index (χ1v) is 5.82. The molecule has 0 radical (unpaired) electrons. The maximum absolute atomic E-state index is 8.90. The van der Waals surface area contributed by atoms with E-state index in [0.717, 1.165) is 5.56 Å². The molecule has 1 heterocycles. The van der Waals surface area contributed by atoms with E-state index in [0.29, 0.717) is 26.6 Å². The Morgan fingerprint density at radius 1 is 1.53 bits per heavy atom. The monoisotopic (exact) mass is 311 g/mol. The number of hydrogen-bond acceptors (Lipinski definition) is 3. The minimum absolute atomic E-state index is 0.394. The van der Waals surface area contributed by atoms with Crippen molar-refractivity contribution in [2.24, 2.45) is 0 Å². The van der Waals surface area contributed by atoms with E-state index in [1.165, 1.54) is 0 Å². The average molecular weight is 313 g/mol. The molecular formula is C11H7BrClN3O. The maximum atomic E-state index is 8.90.